The van der Waals surface area contributed by atoms with Crippen LogP contribution in [0.4, 0.5) is 14.9 Å². The van der Waals surface area contributed by atoms with Crippen LogP contribution in [0.25, 0.3) is 0 Å². The number of allylic oxidation sites excluding steroid dienone is 1. The lowest BCUT2D eigenvalue weighted by atomic mass is 10.2. The summed E-state index contributed by atoms with van der Waals surface area (Å²) in [7, 11) is 0. The summed E-state index contributed by atoms with van der Waals surface area (Å²) in [4.78, 5) is 24.6. The Hall–Kier alpha value is -2.34. The summed E-state index contributed by atoms with van der Waals surface area (Å²) in [6.07, 6.45) is 0.507. The van der Waals surface area contributed by atoms with Crippen molar-refractivity contribution < 1.29 is 23.5 Å². The highest BCUT2D eigenvalue weighted by molar-refractivity contribution is 6.32. The molecule has 0 N–H and O–H groups in total. The first kappa shape index (κ1) is 16.0. The molecule has 0 unspecified atom stereocenters. The molecule has 116 valence electrons. The minimum Gasteiger partial charge on any atom is -0.488 e. The van der Waals surface area contributed by atoms with Crippen molar-refractivity contribution in [3.63, 3.8) is 0 Å². The van der Waals surface area contributed by atoms with E-state index in [-0.39, 0.29) is 28.8 Å². The predicted octanol–water partition coefficient (Wildman–Crippen LogP) is 3.82. The Morgan fingerprint density at radius 3 is 2.68 bits per heavy atom. The highest BCUT2D eigenvalue weighted by Gasteiger charge is 2.40. The fourth-order valence-corrected chi connectivity index (χ4v) is 2.04. The van der Waals surface area contributed by atoms with Gasteiger partial charge in [0.15, 0.2) is 5.76 Å². The molecule has 1 saturated heterocycles. The molecule has 1 aliphatic rings. The monoisotopic (exact) mass is 325 g/mol. The molecule has 0 spiro atoms. The zero-order valence-corrected chi connectivity index (χ0v) is 12.7. The minimum atomic E-state index is -0.975. The Bertz CT molecular complexity index is 695. The molecule has 5 nitrogen and oxygen atoms in total. The number of amides is 2. The first-order valence-electron chi connectivity index (χ1n) is 6.33. The third-order valence-electron chi connectivity index (χ3n) is 2.82. The van der Waals surface area contributed by atoms with E-state index in [1.165, 1.54) is 12.1 Å². The number of benzene rings is 1. The smallest absolute Gasteiger partial charge is 0.427 e. The zero-order valence-electron chi connectivity index (χ0n) is 12.0. The number of cyclic esters (lactones) is 1. The zero-order chi connectivity index (χ0) is 16.4. The Morgan fingerprint density at radius 1 is 1.45 bits per heavy atom. The lowest BCUT2D eigenvalue weighted by Crippen LogP contribution is -2.29. The molecular formula is C15H13ClFNO4. The summed E-state index contributed by atoms with van der Waals surface area (Å²) in [5.41, 5.74) is 0.230. The Morgan fingerprint density at radius 2 is 2.14 bits per heavy atom. The molecule has 0 aliphatic carbocycles. The van der Waals surface area contributed by atoms with Gasteiger partial charge in [0.1, 0.15) is 18.2 Å². The maximum Gasteiger partial charge on any atom is 0.427 e. The summed E-state index contributed by atoms with van der Waals surface area (Å²) in [5, 5.41) is 0.0190. The van der Waals surface area contributed by atoms with E-state index in [9.17, 15) is 14.0 Å². The largest absolute Gasteiger partial charge is 0.488 e. The van der Waals surface area contributed by atoms with Crippen molar-refractivity contribution in [1.29, 1.82) is 0 Å². The van der Waals surface area contributed by atoms with Gasteiger partial charge in [-0.3, -0.25) is 4.79 Å². The normalized spacial score (nSPS) is 14.2. The van der Waals surface area contributed by atoms with E-state index in [1.54, 1.807) is 13.8 Å². The Balaban J connectivity index is 2.48. The molecule has 2 amide bonds. The quantitative estimate of drug-likeness (QED) is 0.623. The van der Waals surface area contributed by atoms with E-state index in [0.717, 1.165) is 6.07 Å². The molecule has 2 rings (SSSR count). The number of hydrogen-bond donors (Lipinski definition) is 0. The molecule has 1 heterocycles. The third kappa shape index (κ3) is 2.82. The molecular weight excluding hydrogens is 313 g/mol. The molecule has 0 bridgehead atoms. The van der Waals surface area contributed by atoms with E-state index >= 15 is 0 Å². The van der Waals surface area contributed by atoms with Crippen LogP contribution in [0, 0.1) is 5.82 Å². The van der Waals surface area contributed by atoms with Crippen LogP contribution in [-0.4, -0.2) is 18.6 Å². The van der Waals surface area contributed by atoms with E-state index < -0.39 is 17.8 Å². The van der Waals surface area contributed by atoms with Gasteiger partial charge in [-0.1, -0.05) is 24.3 Å². The SMILES string of the molecule is C=CCOc1cc(N2C(=O)OC(=C(C)C)C2=O)c(F)cc1Cl. The number of carbonyl (C=O) groups is 2. The summed E-state index contributed by atoms with van der Waals surface area (Å²) < 4.78 is 24.2. The van der Waals surface area contributed by atoms with Gasteiger partial charge in [-0.05, 0) is 25.5 Å². The fourth-order valence-electron chi connectivity index (χ4n) is 1.83. The van der Waals surface area contributed by atoms with Gasteiger partial charge in [0.2, 0.25) is 0 Å². The van der Waals surface area contributed by atoms with Crippen LogP contribution in [0.15, 0.2) is 36.1 Å². The minimum absolute atomic E-state index is 0.0190. The van der Waals surface area contributed by atoms with Crippen LogP contribution in [0.3, 0.4) is 0 Å². The molecule has 0 atom stereocenters. The van der Waals surface area contributed by atoms with Crippen molar-refractivity contribution in [1.82, 2.24) is 0 Å². The average molecular weight is 326 g/mol. The topological polar surface area (TPSA) is 55.8 Å². The summed E-state index contributed by atoms with van der Waals surface area (Å²) in [6.45, 7) is 6.85. The summed E-state index contributed by atoms with van der Waals surface area (Å²) in [5.74, 6) is -1.56. The van der Waals surface area contributed by atoms with Gasteiger partial charge < -0.3 is 9.47 Å². The predicted molar refractivity (Wildman–Crippen MR) is 79.4 cm³/mol. The second-order valence-electron chi connectivity index (χ2n) is 4.67. The summed E-state index contributed by atoms with van der Waals surface area (Å²) in [6, 6.07) is 2.14. The first-order chi connectivity index (χ1) is 10.4. The van der Waals surface area contributed by atoms with Gasteiger partial charge in [-0.2, -0.15) is 0 Å². The maximum absolute atomic E-state index is 14.1. The summed E-state index contributed by atoms with van der Waals surface area (Å²) >= 11 is 5.87. The van der Waals surface area contributed by atoms with E-state index in [2.05, 4.69) is 6.58 Å². The van der Waals surface area contributed by atoms with Crippen molar-refractivity contribution in [2.75, 3.05) is 11.5 Å². The molecule has 0 aromatic heterocycles. The number of hydrogen-bond acceptors (Lipinski definition) is 4. The van der Waals surface area contributed by atoms with Crippen molar-refractivity contribution in [3.8, 4) is 5.75 Å². The Kier molecular flexibility index (Phi) is 4.51. The highest BCUT2D eigenvalue weighted by atomic mass is 35.5. The number of nitrogens with zero attached hydrogens (tertiary/aromatic N) is 1. The van der Waals surface area contributed by atoms with Crippen molar-refractivity contribution in [3.05, 3.63) is 47.0 Å². The molecule has 0 saturated carbocycles. The lowest BCUT2D eigenvalue weighted by Gasteiger charge is -2.14. The van der Waals surface area contributed by atoms with Gasteiger partial charge >= 0.3 is 12.0 Å². The third-order valence-corrected chi connectivity index (χ3v) is 3.12. The van der Waals surface area contributed by atoms with Crippen LogP contribution < -0.4 is 9.64 Å². The number of rotatable bonds is 4. The lowest BCUT2D eigenvalue weighted by molar-refractivity contribution is -0.114. The van der Waals surface area contributed by atoms with Gasteiger partial charge in [0.25, 0.3) is 0 Å². The van der Waals surface area contributed by atoms with Crippen LogP contribution in [0.1, 0.15) is 13.8 Å². The molecule has 1 aliphatic heterocycles. The molecule has 1 aromatic carbocycles. The van der Waals surface area contributed by atoms with Gasteiger partial charge in [-0.15, -0.1) is 0 Å². The number of ether oxygens (including phenoxy) is 2. The Labute approximate surface area is 131 Å². The van der Waals surface area contributed by atoms with Crippen molar-refractivity contribution in [2.45, 2.75) is 13.8 Å². The fraction of sp³-hybridized carbons (Fsp3) is 0.200. The average Bonchev–Trinajstić information content (AvgIpc) is 2.74. The van der Waals surface area contributed by atoms with Gasteiger partial charge in [-0.25, -0.2) is 14.1 Å². The molecule has 1 aromatic rings. The molecule has 1 fully saturated rings. The van der Waals surface area contributed by atoms with E-state index in [0.29, 0.717) is 10.5 Å². The maximum atomic E-state index is 14.1. The second-order valence-corrected chi connectivity index (χ2v) is 5.08. The molecule has 0 radical (unpaired) electrons. The van der Waals surface area contributed by atoms with Crippen molar-refractivity contribution >= 4 is 29.3 Å². The standard InChI is InChI=1S/C15H13ClFNO4/c1-4-5-21-12-7-11(10(17)6-9(12)16)18-14(19)13(8(2)3)22-15(18)20/h4,6-7H,1,5H2,2-3H3. The molecule has 22 heavy (non-hydrogen) atoms. The van der Waals surface area contributed by atoms with Crippen LogP contribution in [0.2, 0.25) is 5.02 Å². The second kappa shape index (κ2) is 6.19. The number of carbonyl (C=O) groups excluding carboxylic acids is 2. The first-order valence-corrected chi connectivity index (χ1v) is 6.71. The molecule has 7 heteroatoms. The van der Waals surface area contributed by atoms with Gasteiger partial charge in [0, 0.05) is 6.07 Å². The number of anilines is 1. The highest BCUT2D eigenvalue weighted by Crippen LogP contribution is 2.35. The van der Waals surface area contributed by atoms with E-state index in [4.69, 9.17) is 21.1 Å². The van der Waals surface area contributed by atoms with Crippen molar-refractivity contribution in [2.24, 2.45) is 0 Å². The van der Waals surface area contributed by atoms with Gasteiger partial charge in [0.05, 0.1) is 10.7 Å². The van der Waals surface area contributed by atoms with E-state index in [1.807, 2.05) is 0 Å². The number of halogens is 2. The van der Waals surface area contributed by atoms with Crippen LogP contribution >= 0.6 is 11.6 Å². The number of imide groups is 1. The van der Waals surface area contributed by atoms with Crippen LogP contribution in [-0.2, 0) is 9.53 Å². The van der Waals surface area contributed by atoms with Crippen LogP contribution in [0.5, 0.6) is 5.75 Å².